The summed E-state index contributed by atoms with van der Waals surface area (Å²) < 4.78 is 13.1. The Bertz CT molecular complexity index is 354. The zero-order valence-corrected chi connectivity index (χ0v) is 10.2. The maximum atomic E-state index is 13.0. The number of halogens is 4. The molecule has 0 spiro atoms. The average molecular weight is 330 g/mol. The molecule has 0 aliphatic heterocycles. The molecule has 0 aliphatic carbocycles. The summed E-state index contributed by atoms with van der Waals surface area (Å²) in [7, 11) is 0. The molecular formula is C8H4Br2ClFO. The summed E-state index contributed by atoms with van der Waals surface area (Å²) in [5.41, 5.74) is 0.179. The second-order valence-electron chi connectivity index (χ2n) is 2.27. The average Bonchev–Trinajstić information content (AvgIpc) is 2.12. The van der Waals surface area contributed by atoms with E-state index in [0.29, 0.717) is 0 Å². The first-order valence-electron chi connectivity index (χ1n) is 3.30. The van der Waals surface area contributed by atoms with Crippen LogP contribution in [0.4, 0.5) is 4.39 Å². The number of rotatable bonds is 2. The van der Waals surface area contributed by atoms with Crippen LogP contribution < -0.4 is 0 Å². The molecule has 1 rings (SSSR count). The molecule has 70 valence electrons. The van der Waals surface area contributed by atoms with Gasteiger partial charge in [0.1, 0.15) is 5.82 Å². The number of hydrogen-bond donors (Lipinski definition) is 0. The van der Waals surface area contributed by atoms with Crippen molar-refractivity contribution in [3.63, 3.8) is 0 Å². The summed E-state index contributed by atoms with van der Waals surface area (Å²) in [4.78, 5) is 11.3. The molecule has 0 atom stereocenters. The van der Waals surface area contributed by atoms with Gasteiger partial charge in [0.15, 0.2) is 5.78 Å². The Morgan fingerprint density at radius 1 is 1.54 bits per heavy atom. The quantitative estimate of drug-likeness (QED) is 0.458. The number of alkyl halides is 1. The highest BCUT2D eigenvalue weighted by Crippen LogP contribution is 2.28. The number of Topliss-reactive ketones (excluding diaryl/α,β-unsaturated/α-hetero) is 1. The van der Waals surface area contributed by atoms with Crippen molar-refractivity contribution in [2.75, 3.05) is 5.33 Å². The topological polar surface area (TPSA) is 17.1 Å². The lowest BCUT2D eigenvalue weighted by atomic mass is 10.1. The lowest BCUT2D eigenvalue weighted by Gasteiger charge is -2.04. The summed E-state index contributed by atoms with van der Waals surface area (Å²) in [5.74, 6) is -0.745. The molecule has 1 aromatic carbocycles. The zero-order chi connectivity index (χ0) is 10.0. The lowest BCUT2D eigenvalue weighted by molar-refractivity contribution is 0.102. The van der Waals surface area contributed by atoms with E-state index in [-0.39, 0.29) is 26.2 Å². The Kier molecular flexibility index (Phi) is 3.88. The minimum Gasteiger partial charge on any atom is -0.293 e. The van der Waals surface area contributed by atoms with Gasteiger partial charge in [0.2, 0.25) is 0 Å². The van der Waals surface area contributed by atoms with Crippen LogP contribution in [0, 0.1) is 5.82 Å². The molecule has 0 aromatic heterocycles. The van der Waals surface area contributed by atoms with Crippen molar-refractivity contribution >= 4 is 49.2 Å². The number of hydrogen-bond acceptors (Lipinski definition) is 1. The third-order valence-electron chi connectivity index (χ3n) is 1.44. The van der Waals surface area contributed by atoms with Crippen molar-refractivity contribution in [2.24, 2.45) is 0 Å². The third kappa shape index (κ3) is 2.30. The van der Waals surface area contributed by atoms with Gasteiger partial charge in [-0.1, -0.05) is 27.5 Å². The van der Waals surface area contributed by atoms with Gasteiger partial charge in [-0.05, 0) is 28.1 Å². The highest BCUT2D eigenvalue weighted by atomic mass is 79.9. The van der Waals surface area contributed by atoms with Crippen LogP contribution in [0.2, 0.25) is 5.02 Å². The van der Waals surface area contributed by atoms with Crippen LogP contribution in [-0.4, -0.2) is 11.1 Å². The molecule has 0 aliphatic rings. The molecule has 0 amide bonds. The first kappa shape index (κ1) is 11.1. The maximum Gasteiger partial charge on any atom is 0.176 e. The molecule has 5 heteroatoms. The van der Waals surface area contributed by atoms with E-state index >= 15 is 0 Å². The molecule has 0 fully saturated rings. The van der Waals surface area contributed by atoms with E-state index < -0.39 is 5.82 Å². The van der Waals surface area contributed by atoms with Crippen molar-refractivity contribution in [2.45, 2.75) is 0 Å². The maximum absolute atomic E-state index is 13.0. The van der Waals surface area contributed by atoms with Gasteiger partial charge in [0.05, 0.1) is 20.4 Å². The van der Waals surface area contributed by atoms with Gasteiger partial charge < -0.3 is 0 Å². The normalized spacial score (nSPS) is 10.2. The second kappa shape index (κ2) is 4.53. The largest absolute Gasteiger partial charge is 0.293 e. The Hall–Kier alpha value is 0.0700. The van der Waals surface area contributed by atoms with Gasteiger partial charge in [-0.15, -0.1) is 0 Å². The lowest BCUT2D eigenvalue weighted by Crippen LogP contribution is -2.03. The van der Waals surface area contributed by atoms with Gasteiger partial charge >= 0.3 is 0 Å². The first-order valence-corrected chi connectivity index (χ1v) is 5.60. The molecule has 0 saturated carbocycles. The van der Waals surface area contributed by atoms with Gasteiger partial charge in [-0.3, -0.25) is 4.79 Å². The minimum atomic E-state index is -0.492. The standard InChI is InChI=1S/C8H4Br2ClFO/c9-3-6(13)7-4(11)1-2-5(12)8(7)10/h1-2H,3H2. The van der Waals surface area contributed by atoms with Gasteiger partial charge in [-0.25, -0.2) is 4.39 Å². The monoisotopic (exact) mass is 328 g/mol. The smallest absolute Gasteiger partial charge is 0.176 e. The fourth-order valence-corrected chi connectivity index (χ4v) is 2.07. The zero-order valence-electron chi connectivity index (χ0n) is 6.28. The number of ketones is 1. The summed E-state index contributed by atoms with van der Waals surface area (Å²) >= 11 is 11.7. The van der Waals surface area contributed by atoms with Crippen LogP contribution in [0.3, 0.4) is 0 Å². The Labute approximate surface area is 96.5 Å². The van der Waals surface area contributed by atoms with Crippen LogP contribution in [-0.2, 0) is 0 Å². The molecular weight excluding hydrogens is 326 g/mol. The highest BCUT2D eigenvalue weighted by molar-refractivity contribution is 9.10. The Morgan fingerprint density at radius 3 is 2.69 bits per heavy atom. The van der Waals surface area contributed by atoms with Crippen molar-refractivity contribution in [3.05, 3.63) is 33.0 Å². The second-order valence-corrected chi connectivity index (χ2v) is 4.04. The van der Waals surface area contributed by atoms with E-state index in [1.165, 1.54) is 12.1 Å². The van der Waals surface area contributed by atoms with Gasteiger partial charge in [0.25, 0.3) is 0 Å². The first-order chi connectivity index (χ1) is 6.07. The van der Waals surface area contributed by atoms with Crippen LogP contribution in [0.1, 0.15) is 10.4 Å². The number of benzene rings is 1. The Morgan fingerprint density at radius 2 is 2.15 bits per heavy atom. The molecule has 1 nitrogen and oxygen atoms in total. The molecule has 0 N–H and O–H groups in total. The highest BCUT2D eigenvalue weighted by Gasteiger charge is 2.16. The molecule has 0 bridgehead atoms. The van der Waals surface area contributed by atoms with E-state index in [1.54, 1.807) is 0 Å². The summed E-state index contributed by atoms with van der Waals surface area (Å²) in [6.45, 7) is 0. The van der Waals surface area contributed by atoms with Crippen molar-refractivity contribution < 1.29 is 9.18 Å². The molecule has 1 aromatic rings. The van der Waals surface area contributed by atoms with Crippen LogP contribution in [0.5, 0.6) is 0 Å². The molecule has 0 saturated heterocycles. The SMILES string of the molecule is O=C(CBr)c1c(Cl)ccc(F)c1Br. The van der Waals surface area contributed by atoms with Crippen LogP contribution in [0.15, 0.2) is 16.6 Å². The van der Waals surface area contributed by atoms with Crippen molar-refractivity contribution in [3.8, 4) is 0 Å². The number of carbonyl (C=O) groups excluding carboxylic acids is 1. The summed E-state index contributed by atoms with van der Waals surface area (Å²) in [5, 5.41) is 0.368. The summed E-state index contributed by atoms with van der Waals surface area (Å²) in [6, 6.07) is 2.56. The van der Waals surface area contributed by atoms with E-state index in [4.69, 9.17) is 11.6 Å². The van der Waals surface area contributed by atoms with Crippen molar-refractivity contribution in [1.82, 2.24) is 0 Å². The predicted octanol–water partition coefficient (Wildman–Crippen LogP) is 3.82. The molecule has 0 unspecified atom stereocenters. The fraction of sp³-hybridized carbons (Fsp3) is 0.125. The van der Waals surface area contributed by atoms with E-state index in [1.807, 2.05) is 0 Å². The molecule has 13 heavy (non-hydrogen) atoms. The van der Waals surface area contributed by atoms with E-state index in [9.17, 15) is 9.18 Å². The Balaban J connectivity index is 3.33. The van der Waals surface area contributed by atoms with E-state index in [2.05, 4.69) is 31.9 Å². The fourth-order valence-electron chi connectivity index (χ4n) is 0.849. The summed E-state index contributed by atoms with van der Waals surface area (Å²) in [6.07, 6.45) is 0. The number of carbonyl (C=O) groups is 1. The predicted molar refractivity (Wildman–Crippen MR) is 57.2 cm³/mol. The van der Waals surface area contributed by atoms with Crippen molar-refractivity contribution in [1.29, 1.82) is 0 Å². The van der Waals surface area contributed by atoms with Crippen LogP contribution in [0.25, 0.3) is 0 Å². The molecule has 0 heterocycles. The van der Waals surface area contributed by atoms with E-state index in [0.717, 1.165) is 0 Å². The molecule has 0 radical (unpaired) electrons. The third-order valence-corrected chi connectivity index (χ3v) is 3.04. The van der Waals surface area contributed by atoms with Gasteiger partial charge in [0, 0.05) is 0 Å². The van der Waals surface area contributed by atoms with Gasteiger partial charge in [-0.2, -0.15) is 0 Å². The minimum absolute atomic E-state index is 0.115. The van der Waals surface area contributed by atoms with Crippen LogP contribution >= 0.6 is 43.5 Å².